The van der Waals surface area contributed by atoms with E-state index in [1.807, 2.05) is 6.07 Å². The third kappa shape index (κ3) is 4.51. The van der Waals surface area contributed by atoms with E-state index in [-0.39, 0.29) is 6.10 Å². The minimum Gasteiger partial charge on any atom is -0.489 e. The topological polar surface area (TPSA) is 21.3 Å². The van der Waals surface area contributed by atoms with E-state index in [0.717, 1.165) is 43.2 Å². The molecule has 2 nitrogen and oxygen atoms in total. The van der Waals surface area contributed by atoms with Crippen molar-refractivity contribution in [1.82, 2.24) is 5.32 Å². The third-order valence-electron chi connectivity index (χ3n) is 4.49. The normalized spacial score (nSPS) is 25.9. The van der Waals surface area contributed by atoms with Gasteiger partial charge in [-0.1, -0.05) is 44.0 Å². The predicted molar refractivity (Wildman–Crippen MR) is 90.4 cm³/mol. The molecule has 1 aliphatic rings. The molecule has 0 aromatic heterocycles. The lowest BCUT2D eigenvalue weighted by atomic mass is 9.80. The first-order valence-corrected chi connectivity index (χ1v) is 8.62. The second-order valence-corrected chi connectivity index (χ2v) is 7.01. The van der Waals surface area contributed by atoms with Gasteiger partial charge in [-0.25, -0.2) is 0 Å². The average Bonchev–Trinajstić information content (AvgIpc) is 2.43. The van der Waals surface area contributed by atoms with Crippen molar-refractivity contribution in [1.29, 1.82) is 0 Å². The summed E-state index contributed by atoms with van der Waals surface area (Å²) in [6.45, 7) is 8.35. The fourth-order valence-electron chi connectivity index (χ4n) is 2.91. The molecule has 118 valence electrons. The molecule has 1 fully saturated rings. The summed E-state index contributed by atoms with van der Waals surface area (Å²) in [7, 11) is 0. The first kappa shape index (κ1) is 16.9. The molecular formula is C17H25Cl2NO. The second kappa shape index (κ2) is 7.71. The molecule has 0 radical (unpaired) electrons. The highest BCUT2D eigenvalue weighted by atomic mass is 35.5. The monoisotopic (exact) mass is 329 g/mol. The molecular weight excluding hydrogens is 305 g/mol. The Bertz CT molecular complexity index is 478. The van der Waals surface area contributed by atoms with E-state index < -0.39 is 0 Å². The van der Waals surface area contributed by atoms with Crippen LogP contribution in [0.2, 0.25) is 10.0 Å². The second-order valence-electron chi connectivity index (χ2n) is 6.16. The number of hydrogen-bond acceptors (Lipinski definition) is 2. The molecule has 0 saturated heterocycles. The molecule has 0 heterocycles. The van der Waals surface area contributed by atoms with E-state index in [0.29, 0.717) is 16.0 Å². The molecule has 1 saturated carbocycles. The van der Waals surface area contributed by atoms with Crippen LogP contribution in [0, 0.1) is 11.8 Å². The number of hydrogen-bond donors (Lipinski definition) is 1. The van der Waals surface area contributed by atoms with Gasteiger partial charge in [0.2, 0.25) is 0 Å². The summed E-state index contributed by atoms with van der Waals surface area (Å²) in [5.41, 5.74) is 1.04. The molecule has 1 aromatic rings. The minimum absolute atomic E-state index is 0.259. The van der Waals surface area contributed by atoms with Crippen molar-refractivity contribution in [3.8, 4) is 5.75 Å². The molecule has 3 atom stereocenters. The van der Waals surface area contributed by atoms with Crippen LogP contribution in [-0.2, 0) is 6.54 Å². The SMILES string of the molecule is CCNCc1cc(Cl)cc(Cl)c1OC1CCC(C)C(C)C1. The van der Waals surface area contributed by atoms with Gasteiger partial charge in [0.05, 0.1) is 11.1 Å². The molecule has 21 heavy (non-hydrogen) atoms. The Morgan fingerprint density at radius 1 is 1.19 bits per heavy atom. The quantitative estimate of drug-likeness (QED) is 0.790. The van der Waals surface area contributed by atoms with E-state index >= 15 is 0 Å². The van der Waals surface area contributed by atoms with Crippen LogP contribution < -0.4 is 10.1 Å². The Balaban J connectivity index is 2.14. The predicted octanol–water partition coefficient (Wildman–Crippen LogP) is 5.31. The maximum absolute atomic E-state index is 6.36. The molecule has 1 aliphatic carbocycles. The van der Waals surface area contributed by atoms with Gasteiger partial charge in [0.25, 0.3) is 0 Å². The fraction of sp³-hybridized carbons (Fsp3) is 0.647. The largest absolute Gasteiger partial charge is 0.489 e. The molecule has 0 bridgehead atoms. The molecule has 2 rings (SSSR count). The van der Waals surface area contributed by atoms with Gasteiger partial charge in [0.1, 0.15) is 5.75 Å². The minimum atomic E-state index is 0.259. The van der Waals surface area contributed by atoms with E-state index in [4.69, 9.17) is 27.9 Å². The lowest BCUT2D eigenvalue weighted by Crippen LogP contribution is -2.29. The summed E-state index contributed by atoms with van der Waals surface area (Å²) >= 11 is 12.5. The van der Waals surface area contributed by atoms with Crippen LogP contribution in [0.3, 0.4) is 0 Å². The molecule has 3 unspecified atom stereocenters. The summed E-state index contributed by atoms with van der Waals surface area (Å²) in [6, 6.07) is 3.71. The van der Waals surface area contributed by atoms with Crippen molar-refractivity contribution in [2.45, 2.75) is 52.7 Å². The summed E-state index contributed by atoms with van der Waals surface area (Å²) in [5.74, 6) is 2.28. The van der Waals surface area contributed by atoms with Crippen molar-refractivity contribution in [2.75, 3.05) is 6.54 Å². The zero-order valence-electron chi connectivity index (χ0n) is 13.1. The lowest BCUT2D eigenvalue weighted by Gasteiger charge is -2.33. The highest BCUT2D eigenvalue weighted by Gasteiger charge is 2.27. The number of nitrogens with one attached hydrogen (secondary N) is 1. The van der Waals surface area contributed by atoms with Gasteiger partial charge in [-0.05, 0) is 49.8 Å². The molecule has 4 heteroatoms. The van der Waals surface area contributed by atoms with Gasteiger partial charge in [0.15, 0.2) is 0 Å². The molecule has 0 aliphatic heterocycles. The Morgan fingerprint density at radius 2 is 1.95 bits per heavy atom. The summed E-state index contributed by atoms with van der Waals surface area (Å²) in [6.07, 6.45) is 3.68. The Kier molecular flexibility index (Phi) is 6.21. The maximum atomic E-state index is 6.36. The van der Waals surface area contributed by atoms with Crippen LogP contribution in [0.4, 0.5) is 0 Å². The number of ether oxygens (including phenoxy) is 1. The van der Waals surface area contributed by atoms with Crippen molar-refractivity contribution >= 4 is 23.2 Å². The van der Waals surface area contributed by atoms with Crippen molar-refractivity contribution < 1.29 is 4.74 Å². The van der Waals surface area contributed by atoms with Crippen LogP contribution in [0.25, 0.3) is 0 Å². The van der Waals surface area contributed by atoms with Gasteiger partial charge in [-0.2, -0.15) is 0 Å². The van der Waals surface area contributed by atoms with E-state index in [9.17, 15) is 0 Å². The molecule has 0 amide bonds. The maximum Gasteiger partial charge on any atom is 0.142 e. The van der Waals surface area contributed by atoms with Crippen LogP contribution in [0.1, 0.15) is 45.6 Å². The number of benzene rings is 1. The van der Waals surface area contributed by atoms with Gasteiger partial charge < -0.3 is 10.1 Å². The smallest absolute Gasteiger partial charge is 0.142 e. The Hall–Kier alpha value is -0.440. The van der Waals surface area contributed by atoms with Gasteiger partial charge in [0, 0.05) is 17.1 Å². The Labute approximate surface area is 138 Å². The third-order valence-corrected chi connectivity index (χ3v) is 4.98. The van der Waals surface area contributed by atoms with E-state index in [2.05, 4.69) is 26.1 Å². The van der Waals surface area contributed by atoms with Crippen LogP contribution in [0.5, 0.6) is 5.75 Å². The summed E-state index contributed by atoms with van der Waals surface area (Å²) in [4.78, 5) is 0. The highest BCUT2D eigenvalue weighted by molar-refractivity contribution is 6.35. The van der Waals surface area contributed by atoms with E-state index in [1.165, 1.54) is 6.42 Å². The highest BCUT2D eigenvalue weighted by Crippen LogP contribution is 2.37. The van der Waals surface area contributed by atoms with Crippen molar-refractivity contribution in [3.63, 3.8) is 0 Å². The molecule has 1 aromatic carbocycles. The first-order valence-electron chi connectivity index (χ1n) is 7.86. The van der Waals surface area contributed by atoms with Crippen LogP contribution in [-0.4, -0.2) is 12.6 Å². The Morgan fingerprint density at radius 3 is 2.62 bits per heavy atom. The van der Waals surface area contributed by atoms with Gasteiger partial charge >= 0.3 is 0 Å². The molecule has 1 N–H and O–H groups in total. The fourth-order valence-corrected chi connectivity index (χ4v) is 3.49. The number of rotatable bonds is 5. The molecule has 0 spiro atoms. The van der Waals surface area contributed by atoms with Crippen LogP contribution in [0.15, 0.2) is 12.1 Å². The summed E-state index contributed by atoms with van der Waals surface area (Å²) in [5, 5.41) is 4.59. The first-order chi connectivity index (χ1) is 10.0. The van der Waals surface area contributed by atoms with Gasteiger partial charge in [-0.15, -0.1) is 0 Å². The lowest BCUT2D eigenvalue weighted by molar-refractivity contribution is 0.0997. The summed E-state index contributed by atoms with van der Waals surface area (Å²) < 4.78 is 6.26. The van der Waals surface area contributed by atoms with E-state index in [1.54, 1.807) is 6.07 Å². The van der Waals surface area contributed by atoms with Gasteiger partial charge in [-0.3, -0.25) is 0 Å². The number of halogens is 2. The average molecular weight is 330 g/mol. The van der Waals surface area contributed by atoms with Crippen molar-refractivity contribution in [3.05, 3.63) is 27.7 Å². The standard InChI is InChI=1S/C17H25Cl2NO/c1-4-20-10-13-8-14(18)9-16(19)17(13)21-15-6-5-11(2)12(3)7-15/h8-9,11-12,15,20H,4-7,10H2,1-3H3. The zero-order chi connectivity index (χ0) is 15.4. The van der Waals surface area contributed by atoms with Crippen LogP contribution >= 0.6 is 23.2 Å². The van der Waals surface area contributed by atoms with Crippen molar-refractivity contribution in [2.24, 2.45) is 11.8 Å². The zero-order valence-corrected chi connectivity index (χ0v) is 14.6.